The first-order valence-corrected chi connectivity index (χ1v) is 11.2. The third-order valence-electron chi connectivity index (χ3n) is 6.46. The number of amides is 2. The lowest BCUT2D eigenvalue weighted by Gasteiger charge is -2.15. The second-order valence-corrected chi connectivity index (χ2v) is 8.27. The Morgan fingerprint density at radius 2 is 1.90 bits per heavy atom. The molecule has 0 fully saturated rings. The molecule has 1 aromatic heterocycles. The molecule has 6 nitrogen and oxygen atoms in total. The zero-order valence-corrected chi connectivity index (χ0v) is 18.8. The van der Waals surface area contributed by atoms with Gasteiger partial charge in [0.1, 0.15) is 11.8 Å². The SMILES string of the molecule is CCN(CC)CC[N+]1=CCCc2[nH]c(/C=C3\C(=O)Nc4cccc(C)c43)c(C)c2C1=O. The highest BCUT2D eigenvalue weighted by atomic mass is 16.2. The molecule has 6 heteroatoms. The highest BCUT2D eigenvalue weighted by molar-refractivity contribution is 6.35. The van der Waals surface area contributed by atoms with Crippen molar-refractivity contribution in [2.24, 2.45) is 0 Å². The van der Waals surface area contributed by atoms with Gasteiger partial charge in [0.05, 0.1) is 12.1 Å². The largest absolute Gasteiger partial charge is 0.421 e. The number of aryl methyl sites for hydroxylation is 2. The quantitative estimate of drug-likeness (QED) is 0.555. The minimum absolute atomic E-state index is 0.0468. The summed E-state index contributed by atoms with van der Waals surface area (Å²) in [6.45, 7) is 11.8. The number of benzene rings is 1. The number of likely N-dealkylation sites (N-methyl/N-ethyl adjacent to an activating group) is 1. The zero-order valence-electron chi connectivity index (χ0n) is 18.8. The maximum atomic E-state index is 13.4. The number of hydrogen-bond acceptors (Lipinski definition) is 3. The number of fused-ring (bicyclic) bond motifs is 2. The van der Waals surface area contributed by atoms with Crippen molar-refractivity contribution in [3.63, 3.8) is 0 Å². The van der Waals surface area contributed by atoms with Crippen LogP contribution in [0.3, 0.4) is 0 Å². The van der Waals surface area contributed by atoms with E-state index >= 15 is 0 Å². The van der Waals surface area contributed by atoms with Gasteiger partial charge in [0.2, 0.25) is 0 Å². The normalized spacial score (nSPS) is 16.9. The summed E-state index contributed by atoms with van der Waals surface area (Å²) in [6.07, 6.45) is 5.53. The summed E-state index contributed by atoms with van der Waals surface area (Å²) in [4.78, 5) is 31.8. The van der Waals surface area contributed by atoms with Crippen LogP contribution in [-0.4, -0.2) is 58.7 Å². The molecule has 2 N–H and O–H groups in total. The van der Waals surface area contributed by atoms with Crippen LogP contribution < -0.4 is 5.32 Å². The van der Waals surface area contributed by atoms with Gasteiger partial charge in [-0.2, -0.15) is 4.58 Å². The van der Waals surface area contributed by atoms with Crippen LogP contribution in [0, 0.1) is 13.8 Å². The number of carbonyl (C=O) groups is 2. The van der Waals surface area contributed by atoms with Gasteiger partial charge in [-0.3, -0.25) is 9.69 Å². The predicted molar refractivity (Wildman–Crippen MR) is 125 cm³/mol. The van der Waals surface area contributed by atoms with Gasteiger partial charge in [0.15, 0.2) is 6.54 Å². The van der Waals surface area contributed by atoms with E-state index in [1.165, 1.54) is 0 Å². The highest BCUT2D eigenvalue weighted by Gasteiger charge is 2.32. The Morgan fingerprint density at radius 3 is 2.65 bits per heavy atom. The molecule has 2 aliphatic heterocycles. The first-order chi connectivity index (χ1) is 14.9. The third-order valence-corrected chi connectivity index (χ3v) is 6.46. The first kappa shape index (κ1) is 21.2. The van der Waals surface area contributed by atoms with Crippen LogP contribution in [0.4, 0.5) is 5.69 Å². The molecule has 162 valence electrons. The van der Waals surface area contributed by atoms with Gasteiger partial charge in [-0.25, -0.2) is 4.79 Å². The molecule has 0 saturated carbocycles. The molecule has 0 spiro atoms. The molecule has 2 aliphatic rings. The van der Waals surface area contributed by atoms with Crippen LogP contribution in [0.5, 0.6) is 0 Å². The smallest absolute Gasteiger partial charge is 0.358 e. The van der Waals surface area contributed by atoms with Gasteiger partial charge < -0.3 is 10.3 Å². The summed E-state index contributed by atoms with van der Waals surface area (Å²) < 4.78 is 1.86. The standard InChI is InChI=1S/C25H30N4O2/c1-5-28(6-2)13-14-29-12-8-11-20-23(25(29)31)17(4)21(26-20)15-18-22-16(3)9-7-10-19(22)27-24(18)30/h7,9-10,12,15H,5-6,8,11,13-14H2,1-4H3,(H-,26,27,30,31)/p+1. The summed E-state index contributed by atoms with van der Waals surface area (Å²) in [5, 5.41) is 2.95. The molecule has 1 aromatic carbocycles. The van der Waals surface area contributed by atoms with E-state index in [-0.39, 0.29) is 11.8 Å². The van der Waals surface area contributed by atoms with E-state index in [0.717, 1.165) is 71.8 Å². The molecule has 4 rings (SSSR count). The van der Waals surface area contributed by atoms with Crippen LogP contribution in [0.15, 0.2) is 18.2 Å². The number of carbonyl (C=O) groups excluding carboxylic acids is 2. The minimum Gasteiger partial charge on any atom is -0.358 e. The van der Waals surface area contributed by atoms with Gasteiger partial charge in [-0.05, 0) is 56.6 Å². The highest BCUT2D eigenvalue weighted by Crippen LogP contribution is 2.36. The van der Waals surface area contributed by atoms with Crippen molar-refractivity contribution in [3.8, 4) is 0 Å². The second kappa shape index (κ2) is 8.63. The fraction of sp³-hybridized carbons (Fsp3) is 0.400. The Hall–Kier alpha value is -2.99. The van der Waals surface area contributed by atoms with E-state index in [9.17, 15) is 9.59 Å². The van der Waals surface area contributed by atoms with E-state index in [2.05, 4.69) is 29.0 Å². The molecule has 0 aliphatic carbocycles. The van der Waals surface area contributed by atoms with Crippen molar-refractivity contribution in [1.29, 1.82) is 0 Å². The number of anilines is 1. The van der Waals surface area contributed by atoms with Gasteiger partial charge in [0.25, 0.3) is 5.91 Å². The summed E-state index contributed by atoms with van der Waals surface area (Å²) >= 11 is 0. The Labute approximate surface area is 183 Å². The monoisotopic (exact) mass is 419 g/mol. The molecule has 0 atom stereocenters. The maximum Gasteiger partial charge on any atom is 0.421 e. The van der Waals surface area contributed by atoms with E-state index < -0.39 is 0 Å². The van der Waals surface area contributed by atoms with Crippen molar-refractivity contribution in [3.05, 3.63) is 51.8 Å². The van der Waals surface area contributed by atoms with E-state index in [1.54, 1.807) is 0 Å². The van der Waals surface area contributed by atoms with Crippen molar-refractivity contribution in [2.75, 3.05) is 31.5 Å². The summed E-state index contributed by atoms with van der Waals surface area (Å²) in [5.41, 5.74) is 6.94. The average molecular weight is 420 g/mol. The number of H-pyrrole nitrogens is 1. The van der Waals surface area contributed by atoms with E-state index in [1.807, 2.05) is 48.9 Å². The van der Waals surface area contributed by atoms with Crippen molar-refractivity contribution < 1.29 is 14.2 Å². The molecule has 0 saturated heterocycles. The third kappa shape index (κ3) is 3.88. The van der Waals surface area contributed by atoms with Crippen molar-refractivity contribution in [2.45, 2.75) is 40.5 Å². The van der Waals surface area contributed by atoms with Crippen LogP contribution in [0.25, 0.3) is 11.6 Å². The van der Waals surface area contributed by atoms with E-state index in [4.69, 9.17) is 0 Å². The topological polar surface area (TPSA) is 68.2 Å². The maximum absolute atomic E-state index is 13.4. The van der Waals surface area contributed by atoms with E-state index in [0.29, 0.717) is 12.1 Å². The molecule has 31 heavy (non-hydrogen) atoms. The Balaban J connectivity index is 1.67. The van der Waals surface area contributed by atoms with Gasteiger partial charge in [-0.1, -0.05) is 26.0 Å². The zero-order chi connectivity index (χ0) is 22.1. The molecule has 3 heterocycles. The predicted octanol–water partition coefficient (Wildman–Crippen LogP) is 3.64. The molecular formula is C25H31N4O2+. The number of nitrogens with one attached hydrogen (secondary N) is 2. The van der Waals surface area contributed by atoms with Crippen molar-refractivity contribution in [1.82, 2.24) is 9.88 Å². The average Bonchev–Trinajstić information content (AvgIpc) is 3.18. The van der Waals surface area contributed by atoms with Crippen LogP contribution >= 0.6 is 0 Å². The number of rotatable bonds is 6. The van der Waals surface area contributed by atoms with Gasteiger partial charge in [-0.15, -0.1) is 0 Å². The minimum atomic E-state index is -0.103. The number of aromatic amines is 1. The fourth-order valence-electron chi connectivity index (χ4n) is 4.59. The lowest BCUT2D eigenvalue weighted by molar-refractivity contribution is -0.425. The summed E-state index contributed by atoms with van der Waals surface area (Å²) in [7, 11) is 0. The summed E-state index contributed by atoms with van der Waals surface area (Å²) in [5.74, 6) is -0.0560. The first-order valence-electron chi connectivity index (χ1n) is 11.2. The molecule has 2 amide bonds. The Bertz CT molecular complexity index is 1100. The van der Waals surface area contributed by atoms with Crippen LogP contribution in [0.1, 0.15) is 58.7 Å². The molecule has 2 aromatic rings. The van der Waals surface area contributed by atoms with Crippen LogP contribution in [0.2, 0.25) is 0 Å². The summed E-state index contributed by atoms with van der Waals surface area (Å²) in [6, 6.07) is 5.88. The second-order valence-electron chi connectivity index (χ2n) is 8.27. The van der Waals surface area contributed by atoms with Gasteiger partial charge in [0, 0.05) is 29.1 Å². The number of nitrogens with zero attached hydrogens (tertiary/aromatic N) is 2. The lowest BCUT2D eigenvalue weighted by Crippen LogP contribution is -2.33. The molecular weight excluding hydrogens is 388 g/mol. The Kier molecular flexibility index (Phi) is 5.92. The van der Waals surface area contributed by atoms with Crippen molar-refractivity contribution >= 4 is 35.4 Å². The Morgan fingerprint density at radius 1 is 1.13 bits per heavy atom. The number of hydrogen-bond donors (Lipinski definition) is 2. The van der Waals surface area contributed by atoms with Gasteiger partial charge >= 0.3 is 5.91 Å². The lowest BCUT2D eigenvalue weighted by atomic mass is 9.99. The molecule has 0 unspecified atom stereocenters. The molecule has 0 bridgehead atoms. The van der Waals surface area contributed by atoms with Crippen LogP contribution in [-0.2, 0) is 11.2 Å². The number of aromatic nitrogens is 1. The fourth-order valence-corrected chi connectivity index (χ4v) is 4.59. The molecule has 0 radical (unpaired) electrons.